The van der Waals surface area contributed by atoms with Crippen LogP contribution in [0.3, 0.4) is 0 Å². The second kappa shape index (κ2) is 8.20. The quantitative estimate of drug-likeness (QED) is 0.634. The molecule has 30 heavy (non-hydrogen) atoms. The van der Waals surface area contributed by atoms with Gasteiger partial charge >= 0.3 is 0 Å². The van der Waals surface area contributed by atoms with Gasteiger partial charge in [0.15, 0.2) is 5.82 Å². The van der Waals surface area contributed by atoms with E-state index in [0.717, 1.165) is 37.3 Å². The first kappa shape index (κ1) is 19.3. The molecule has 2 N–H and O–H groups in total. The molecule has 6 heteroatoms. The number of aromatic nitrogens is 2. The van der Waals surface area contributed by atoms with Gasteiger partial charge in [0.25, 0.3) is 5.56 Å². The van der Waals surface area contributed by atoms with Gasteiger partial charge in [0, 0.05) is 31.6 Å². The Balaban J connectivity index is 1.33. The molecule has 0 unspecified atom stereocenters. The molecule has 1 atom stereocenters. The maximum atomic E-state index is 13.0. The van der Waals surface area contributed by atoms with Crippen molar-refractivity contribution in [3.05, 3.63) is 70.0 Å². The summed E-state index contributed by atoms with van der Waals surface area (Å²) in [6.07, 6.45) is 2.84. The number of nitrogens with zero attached hydrogens (tertiary/aromatic N) is 3. The summed E-state index contributed by atoms with van der Waals surface area (Å²) < 4.78 is 1.43. The highest BCUT2D eigenvalue weighted by Gasteiger charge is 2.23. The van der Waals surface area contributed by atoms with E-state index in [-0.39, 0.29) is 12.1 Å². The Morgan fingerprint density at radius 3 is 2.57 bits per heavy atom. The van der Waals surface area contributed by atoms with Gasteiger partial charge in [-0.3, -0.25) is 9.69 Å². The van der Waals surface area contributed by atoms with Gasteiger partial charge in [0.05, 0.1) is 18.0 Å². The second-order valence-corrected chi connectivity index (χ2v) is 8.61. The van der Waals surface area contributed by atoms with Crippen molar-refractivity contribution in [3.63, 3.8) is 0 Å². The molecule has 2 aliphatic rings. The number of rotatable bonds is 7. The fourth-order valence-electron chi connectivity index (χ4n) is 4.32. The number of anilines is 1. The third-order valence-electron chi connectivity index (χ3n) is 6.19. The van der Waals surface area contributed by atoms with Crippen molar-refractivity contribution in [2.45, 2.75) is 38.5 Å². The molecule has 2 heterocycles. The molecule has 3 aromatic rings. The van der Waals surface area contributed by atoms with E-state index in [2.05, 4.69) is 39.6 Å². The Morgan fingerprint density at radius 1 is 1.03 bits per heavy atom. The van der Waals surface area contributed by atoms with Gasteiger partial charge < -0.3 is 10.4 Å². The number of benzene rings is 2. The van der Waals surface area contributed by atoms with E-state index in [4.69, 9.17) is 0 Å². The number of hydrogen-bond acceptors (Lipinski definition) is 5. The summed E-state index contributed by atoms with van der Waals surface area (Å²) in [6.45, 7) is 3.36. The number of nitrogens with one attached hydrogen (secondary N) is 1. The summed E-state index contributed by atoms with van der Waals surface area (Å²) in [5.41, 5.74) is 2.57. The normalized spacial score (nSPS) is 17.6. The second-order valence-electron chi connectivity index (χ2n) is 8.61. The van der Waals surface area contributed by atoms with Gasteiger partial charge in [0.1, 0.15) is 0 Å². The topological polar surface area (TPSA) is 70.4 Å². The van der Waals surface area contributed by atoms with E-state index >= 15 is 0 Å². The molecule has 1 saturated carbocycles. The number of fused-ring (bicyclic) bond motifs is 2. The van der Waals surface area contributed by atoms with Crippen molar-refractivity contribution in [1.82, 2.24) is 14.7 Å². The lowest BCUT2D eigenvalue weighted by atomic mass is 10.00. The standard InChI is InChI=1S/C24H28N4O2/c29-20(15-27-12-11-18-5-1-2-6-19(18)14-27)16-28-24(30)22-8-4-3-7-21(22)23(26-28)25-13-17-9-10-17/h1-8,17,20,29H,9-16H2,(H,25,26)/t20-/m1/s1. The average molecular weight is 405 g/mol. The lowest BCUT2D eigenvalue weighted by Gasteiger charge is -2.30. The molecule has 1 fully saturated rings. The molecule has 0 radical (unpaired) electrons. The predicted octanol–water partition coefficient (Wildman–Crippen LogP) is 2.64. The minimum absolute atomic E-state index is 0.148. The van der Waals surface area contributed by atoms with E-state index in [1.54, 1.807) is 0 Å². The SMILES string of the molecule is O=c1c2ccccc2c(NCC2CC2)nn1C[C@H](O)CN1CCc2ccccc2C1. The zero-order valence-electron chi connectivity index (χ0n) is 17.1. The maximum Gasteiger partial charge on any atom is 0.274 e. The van der Waals surface area contributed by atoms with Crippen molar-refractivity contribution in [2.75, 3.05) is 25.0 Å². The van der Waals surface area contributed by atoms with Crippen molar-refractivity contribution in [1.29, 1.82) is 0 Å². The lowest BCUT2D eigenvalue weighted by molar-refractivity contribution is 0.0879. The smallest absolute Gasteiger partial charge is 0.274 e. The van der Waals surface area contributed by atoms with E-state index in [1.807, 2.05) is 24.3 Å². The molecule has 0 spiro atoms. The average Bonchev–Trinajstić information content (AvgIpc) is 3.59. The van der Waals surface area contributed by atoms with E-state index in [0.29, 0.717) is 17.8 Å². The summed E-state index contributed by atoms with van der Waals surface area (Å²) in [4.78, 5) is 15.2. The minimum Gasteiger partial charge on any atom is -0.390 e. The Morgan fingerprint density at radius 2 is 1.77 bits per heavy atom. The lowest BCUT2D eigenvalue weighted by Crippen LogP contribution is -2.40. The highest BCUT2D eigenvalue weighted by molar-refractivity contribution is 5.90. The van der Waals surface area contributed by atoms with Crippen LogP contribution >= 0.6 is 0 Å². The highest BCUT2D eigenvalue weighted by Crippen LogP contribution is 2.29. The van der Waals surface area contributed by atoms with Crippen LogP contribution in [0.2, 0.25) is 0 Å². The molecular weight excluding hydrogens is 376 g/mol. The van der Waals surface area contributed by atoms with Crippen LogP contribution in [0.1, 0.15) is 24.0 Å². The predicted molar refractivity (Wildman–Crippen MR) is 119 cm³/mol. The molecule has 1 aromatic heterocycles. The molecule has 6 nitrogen and oxygen atoms in total. The van der Waals surface area contributed by atoms with Gasteiger partial charge in [-0.1, -0.05) is 42.5 Å². The molecule has 0 bridgehead atoms. The van der Waals surface area contributed by atoms with Crippen molar-refractivity contribution in [3.8, 4) is 0 Å². The molecule has 2 aromatic carbocycles. The Labute approximate surface area is 176 Å². The van der Waals surface area contributed by atoms with Gasteiger partial charge in [0.2, 0.25) is 0 Å². The first-order valence-corrected chi connectivity index (χ1v) is 10.9. The monoisotopic (exact) mass is 404 g/mol. The third-order valence-corrected chi connectivity index (χ3v) is 6.19. The summed E-state index contributed by atoms with van der Waals surface area (Å²) >= 11 is 0. The van der Waals surface area contributed by atoms with Gasteiger partial charge in [-0.15, -0.1) is 0 Å². The maximum absolute atomic E-state index is 13.0. The number of β-amino-alcohol motifs (C(OH)–C–C–N with tert-alkyl or cyclic N) is 1. The van der Waals surface area contributed by atoms with Crippen LogP contribution in [0.5, 0.6) is 0 Å². The Hall–Kier alpha value is -2.70. The van der Waals surface area contributed by atoms with Gasteiger partial charge in [-0.05, 0) is 42.4 Å². The fourth-order valence-corrected chi connectivity index (χ4v) is 4.32. The Kier molecular flexibility index (Phi) is 5.27. The molecule has 0 amide bonds. The van der Waals surface area contributed by atoms with Crippen LogP contribution < -0.4 is 10.9 Å². The summed E-state index contributed by atoms with van der Waals surface area (Å²) in [5.74, 6) is 1.44. The van der Waals surface area contributed by atoms with E-state index in [9.17, 15) is 9.90 Å². The summed E-state index contributed by atoms with van der Waals surface area (Å²) in [5, 5.41) is 20.3. The van der Waals surface area contributed by atoms with Crippen LogP contribution in [0, 0.1) is 5.92 Å². The zero-order valence-corrected chi connectivity index (χ0v) is 17.1. The third kappa shape index (κ3) is 4.11. The van der Waals surface area contributed by atoms with Crippen molar-refractivity contribution in [2.24, 2.45) is 5.92 Å². The van der Waals surface area contributed by atoms with Crippen LogP contribution in [-0.4, -0.2) is 45.5 Å². The van der Waals surface area contributed by atoms with Gasteiger partial charge in [-0.25, -0.2) is 4.68 Å². The van der Waals surface area contributed by atoms with Crippen LogP contribution in [0.4, 0.5) is 5.82 Å². The first-order chi connectivity index (χ1) is 14.7. The van der Waals surface area contributed by atoms with Crippen molar-refractivity contribution < 1.29 is 5.11 Å². The van der Waals surface area contributed by atoms with Crippen molar-refractivity contribution >= 4 is 16.6 Å². The molecular formula is C24H28N4O2. The molecule has 5 rings (SSSR count). The number of aliphatic hydroxyl groups excluding tert-OH is 1. The first-order valence-electron chi connectivity index (χ1n) is 10.9. The van der Waals surface area contributed by atoms with E-state index < -0.39 is 6.10 Å². The molecule has 0 saturated heterocycles. The largest absolute Gasteiger partial charge is 0.390 e. The fraction of sp³-hybridized carbons (Fsp3) is 0.417. The van der Waals surface area contributed by atoms with Crippen LogP contribution in [-0.2, 0) is 19.5 Å². The summed E-state index contributed by atoms with van der Waals surface area (Å²) in [6, 6.07) is 16.1. The van der Waals surface area contributed by atoms with Gasteiger partial charge in [-0.2, -0.15) is 5.10 Å². The molecule has 156 valence electrons. The van der Waals surface area contributed by atoms with Crippen LogP contribution in [0.25, 0.3) is 10.8 Å². The number of hydrogen-bond donors (Lipinski definition) is 2. The zero-order chi connectivity index (χ0) is 20.5. The van der Waals surface area contributed by atoms with E-state index in [1.165, 1.54) is 28.7 Å². The minimum atomic E-state index is -0.655. The summed E-state index contributed by atoms with van der Waals surface area (Å²) in [7, 11) is 0. The molecule has 1 aliphatic carbocycles. The Bertz CT molecular complexity index is 1110. The highest BCUT2D eigenvalue weighted by atomic mass is 16.3. The van der Waals surface area contributed by atoms with Crippen LogP contribution in [0.15, 0.2) is 53.3 Å². The molecule has 1 aliphatic heterocycles. The number of aliphatic hydroxyl groups is 1.